The molecule has 0 aliphatic carbocycles. The molecule has 0 heterocycles. The summed E-state index contributed by atoms with van der Waals surface area (Å²) in [6, 6.07) is 7.71. The van der Waals surface area contributed by atoms with Gasteiger partial charge in [0.15, 0.2) is 0 Å². The lowest BCUT2D eigenvalue weighted by atomic mass is 10.0. The summed E-state index contributed by atoms with van der Waals surface area (Å²) in [5, 5.41) is 9.59. The molecule has 1 rings (SSSR count). The quantitative estimate of drug-likeness (QED) is 0.307. The Hall–Kier alpha value is -1.55. The van der Waals surface area contributed by atoms with Crippen LogP contribution in [0.5, 0.6) is 5.75 Å². The molecule has 26 heavy (non-hydrogen) atoms. The maximum atomic E-state index is 11.7. The van der Waals surface area contributed by atoms with Gasteiger partial charge >= 0.3 is 11.8 Å². The molecular weight excluding hydrogens is 328 g/mol. The molecule has 1 N–H and O–H groups in total. The number of carboxylic acid groups (broad SMARTS) is 1. The van der Waals surface area contributed by atoms with E-state index >= 15 is 0 Å². The van der Waals surface area contributed by atoms with E-state index in [1.165, 1.54) is 44.9 Å². The van der Waals surface area contributed by atoms with Gasteiger partial charge in [-0.1, -0.05) is 77.0 Å². The van der Waals surface area contributed by atoms with Gasteiger partial charge in [0.05, 0.1) is 0 Å². The minimum absolute atomic E-state index is 0.252. The lowest BCUT2D eigenvalue weighted by Crippen LogP contribution is -2.47. The summed E-state index contributed by atoms with van der Waals surface area (Å²) in [5.74, 6) is -2.07. The first-order chi connectivity index (χ1) is 12.6. The third-order valence-corrected chi connectivity index (χ3v) is 4.72. The number of aliphatic carboxylic acids is 1. The topological polar surface area (TPSA) is 55.8 Å². The zero-order chi connectivity index (χ0) is 19.3. The molecule has 0 bridgehead atoms. The summed E-state index contributed by atoms with van der Waals surface area (Å²) in [6.07, 6.45) is 11.3. The Morgan fingerprint density at radius 2 is 1.58 bits per heavy atom. The van der Waals surface area contributed by atoms with Gasteiger partial charge < -0.3 is 14.6 Å². The largest absolute Gasteiger partial charge is 0.476 e. The molecular formula is C22H36O4. The van der Waals surface area contributed by atoms with Crippen LogP contribution in [0.2, 0.25) is 0 Å². The van der Waals surface area contributed by atoms with Crippen LogP contribution >= 0.6 is 0 Å². The standard InChI is InChI=1S/C22H36O4/c1-4-7-8-9-10-11-12-13-16-19-17-14-15-18-20(19)26-22(5-2,21(23)24)25-6-3/h14-15,17-18H,4-13,16H2,1-3H3,(H,23,24). The monoisotopic (exact) mass is 364 g/mol. The second kappa shape index (κ2) is 12.7. The Morgan fingerprint density at radius 1 is 0.962 bits per heavy atom. The Balaban J connectivity index is 2.57. The van der Waals surface area contributed by atoms with Gasteiger partial charge in [-0.05, 0) is 31.4 Å². The molecule has 0 aliphatic heterocycles. The molecule has 1 aromatic carbocycles. The summed E-state index contributed by atoms with van der Waals surface area (Å²) >= 11 is 0. The van der Waals surface area contributed by atoms with Crippen molar-refractivity contribution in [1.82, 2.24) is 0 Å². The number of para-hydroxylation sites is 1. The second-order valence-corrected chi connectivity index (χ2v) is 6.78. The van der Waals surface area contributed by atoms with E-state index in [9.17, 15) is 9.90 Å². The van der Waals surface area contributed by atoms with Crippen molar-refractivity contribution in [3.63, 3.8) is 0 Å². The maximum absolute atomic E-state index is 11.7. The highest BCUT2D eigenvalue weighted by molar-refractivity contribution is 5.76. The number of ether oxygens (including phenoxy) is 2. The van der Waals surface area contributed by atoms with Gasteiger partial charge in [-0.3, -0.25) is 0 Å². The third kappa shape index (κ3) is 7.36. The van der Waals surface area contributed by atoms with Crippen molar-refractivity contribution >= 4 is 5.97 Å². The van der Waals surface area contributed by atoms with Crippen molar-refractivity contribution in [2.24, 2.45) is 0 Å². The fourth-order valence-electron chi connectivity index (χ4n) is 3.13. The van der Waals surface area contributed by atoms with Crippen molar-refractivity contribution in [3.8, 4) is 5.75 Å². The van der Waals surface area contributed by atoms with E-state index in [0.717, 1.165) is 18.4 Å². The SMILES string of the molecule is CCCCCCCCCCc1ccccc1OC(CC)(OCC)C(=O)O. The minimum atomic E-state index is -1.61. The average Bonchev–Trinajstić information content (AvgIpc) is 2.64. The highest BCUT2D eigenvalue weighted by Gasteiger charge is 2.41. The first kappa shape index (κ1) is 22.5. The van der Waals surface area contributed by atoms with Gasteiger partial charge in [-0.15, -0.1) is 0 Å². The third-order valence-electron chi connectivity index (χ3n) is 4.72. The number of carbonyl (C=O) groups is 1. The highest BCUT2D eigenvalue weighted by atomic mass is 16.7. The summed E-state index contributed by atoms with van der Waals surface area (Å²) < 4.78 is 11.4. The van der Waals surface area contributed by atoms with E-state index in [-0.39, 0.29) is 6.42 Å². The fourth-order valence-corrected chi connectivity index (χ4v) is 3.13. The van der Waals surface area contributed by atoms with Crippen LogP contribution in [0.15, 0.2) is 24.3 Å². The van der Waals surface area contributed by atoms with E-state index in [2.05, 4.69) is 6.92 Å². The van der Waals surface area contributed by atoms with Crippen LogP contribution in [0.3, 0.4) is 0 Å². The average molecular weight is 365 g/mol. The highest BCUT2D eigenvalue weighted by Crippen LogP contribution is 2.28. The van der Waals surface area contributed by atoms with Crippen molar-refractivity contribution < 1.29 is 19.4 Å². The van der Waals surface area contributed by atoms with E-state index in [1.54, 1.807) is 13.8 Å². The summed E-state index contributed by atoms with van der Waals surface area (Å²) in [6.45, 7) is 6.08. The van der Waals surface area contributed by atoms with Gasteiger partial charge in [0.1, 0.15) is 5.75 Å². The number of aryl methyl sites for hydroxylation is 1. The number of hydrogen-bond donors (Lipinski definition) is 1. The Labute approximate surface area is 158 Å². The van der Waals surface area contributed by atoms with Crippen molar-refractivity contribution in [1.29, 1.82) is 0 Å². The first-order valence-electron chi connectivity index (χ1n) is 10.2. The molecule has 0 aromatic heterocycles. The normalized spacial score (nSPS) is 13.3. The molecule has 0 spiro atoms. The maximum Gasteiger partial charge on any atom is 0.377 e. The van der Waals surface area contributed by atoms with Gasteiger partial charge in [0.25, 0.3) is 0 Å². The Kier molecular flexibility index (Phi) is 11.0. The van der Waals surface area contributed by atoms with Gasteiger partial charge in [-0.25, -0.2) is 4.79 Å². The number of unbranched alkanes of at least 4 members (excludes halogenated alkanes) is 7. The number of carboxylic acids is 1. The van der Waals surface area contributed by atoms with Crippen LogP contribution in [0.25, 0.3) is 0 Å². The molecule has 1 aromatic rings. The molecule has 148 valence electrons. The van der Waals surface area contributed by atoms with Crippen LogP contribution in [0.1, 0.15) is 84.1 Å². The minimum Gasteiger partial charge on any atom is -0.476 e. The molecule has 4 heteroatoms. The van der Waals surface area contributed by atoms with Crippen molar-refractivity contribution in [2.45, 2.75) is 90.8 Å². The molecule has 4 nitrogen and oxygen atoms in total. The lowest BCUT2D eigenvalue weighted by molar-refractivity contribution is -0.212. The summed E-state index contributed by atoms with van der Waals surface area (Å²) in [4.78, 5) is 11.7. The number of hydrogen-bond acceptors (Lipinski definition) is 3. The van der Waals surface area contributed by atoms with E-state index in [1.807, 2.05) is 24.3 Å². The molecule has 1 unspecified atom stereocenters. The molecule has 0 saturated carbocycles. The molecule has 0 fully saturated rings. The van der Waals surface area contributed by atoms with Crippen LogP contribution < -0.4 is 4.74 Å². The van der Waals surface area contributed by atoms with Crippen LogP contribution in [0, 0.1) is 0 Å². The molecule has 1 atom stereocenters. The predicted molar refractivity (Wildman–Crippen MR) is 106 cm³/mol. The van der Waals surface area contributed by atoms with Crippen LogP contribution in [0.4, 0.5) is 0 Å². The number of benzene rings is 1. The molecule has 0 amide bonds. The van der Waals surface area contributed by atoms with E-state index in [4.69, 9.17) is 9.47 Å². The number of rotatable bonds is 15. The zero-order valence-electron chi connectivity index (χ0n) is 16.8. The van der Waals surface area contributed by atoms with Gasteiger partial charge in [0.2, 0.25) is 0 Å². The van der Waals surface area contributed by atoms with Crippen LogP contribution in [-0.4, -0.2) is 23.5 Å². The second-order valence-electron chi connectivity index (χ2n) is 6.78. The summed E-state index contributed by atoms with van der Waals surface area (Å²) in [7, 11) is 0. The zero-order valence-corrected chi connectivity index (χ0v) is 16.8. The van der Waals surface area contributed by atoms with E-state index < -0.39 is 11.8 Å². The summed E-state index contributed by atoms with van der Waals surface area (Å²) in [5.41, 5.74) is 1.05. The Morgan fingerprint density at radius 3 is 2.15 bits per heavy atom. The Bertz CT molecular complexity index is 515. The van der Waals surface area contributed by atoms with Crippen LogP contribution in [-0.2, 0) is 16.0 Å². The van der Waals surface area contributed by atoms with Crippen molar-refractivity contribution in [2.75, 3.05) is 6.61 Å². The lowest BCUT2D eigenvalue weighted by Gasteiger charge is -2.29. The molecule has 0 saturated heterocycles. The predicted octanol–water partition coefficient (Wildman–Crippen LogP) is 5.98. The van der Waals surface area contributed by atoms with E-state index in [0.29, 0.717) is 12.4 Å². The molecule has 0 radical (unpaired) electrons. The molecule has 0 aliphatic rings. The first-order valence-corrected chi connectivity index (χ1v) is 10.2. The fraction of sp³-hybridized carbons (Fsp3) is 0.682. The van der Waals surface area contributed by atoms with Gasteiger partial charge in [-0.2, -0.15) is 0 Å². The smallest absolute Gasteiger partial charge is 0.377 e. The van der Waals surface area contributed by atoms with Crippen molar-refractivity contribution in [3.05, 3.63) is 29.8 Å². The van der Waals surface area contributed by atoms with Gasteiger partial charge in [0, 0.05) is 13.0 Å².